The number of benzene rings is 1. The van der Waals surface area contributed by atoms with E-state index in [1.807, 2.05) is 0 Å². The van der Waals surface area contributed by atoms with Crippen molar-refractivity contribution < 1.29 is 26.3 Å². The van der Waals surface area contributed by atoms with Crippen LogP contribution in [0.2, 0.25) is 0 Å². The Morgan fingerprint density at radius 3 is 2.12 bits per heavy atom. The molecule has 0 aromatic heterocycles. The molecule has 1 heterocycles. The maximum absolute atomic E-state index is 12.1. The van der Waals surface area contributed by atoms with Crippen LogP contribution in [0.1, 0.15) is 0 Å². The average molecular weight is 252 g/mol. The van der Waals surface area contributed by atoms with Gasteiger partial charge < -0.3 is 4.74 Å². The lowest BCUT2D eigenvalue weighted by Crippen LogP contribution is -2.22. The SMILES string of the molecule is O=S(=O)(c1ccccc1)[C@@H]1OC1C(F)(F)F. The third kappa shape index (κ3) is 1.92. The van der Waals surface area contributed by atoms with Gasteiger partial charge in [-0.1, -0.05) is 18.2 Å². The van der Waals surface area contributed by atoms with Gasteiger partial charge in [-0.25, -0.2) is 8.42 Å². The Hall–Kier alpha value is -1.08. The minimum absolute atomic E-state index is 0.160. The monoisotopic (exact) mass is 252 g/mol. The van der Waals surface area contributed by atoms with Gasteiger partial charge >= 0.3 is 6.18 Å². The van der Waals surface area contributed by atoms with E-state index in [-0.39, 0.29) is 4.90 Å². The van der Waals surface area contributed by atoms with Crippen LogP contribution < -0.4 is 0 Å². The topological polar surface area (TPSA) is 46.7 Å². The van der Waals surface area contributed by atoms with Crippen molar-refractivity contribution in [3.63, 3.8) is 0 Å². The van der Waals surface area contributed by atoms with Crippen molar-refractivity contribution >= 4 is 9.84 Å². The Morgan fingerprint density at radius 2 is 1.69 bits per heavy atom. The standard InChI is InChI=1S/C9H7F3O3S/c10-9(11,12)7-8(15-7)16(13,14)6-4-2-1-3-5-6/h1-5,7-8H/t7?,8-/m0/s1. The highest BCUT2D eigenvalue weighted by molar-refractivity contribution is 7.92. The molecule has 1 saturated heterocycles. The van der Waals surface area contributed by atoms with Gasteiger partial charge in [-0.15, -0.1) is 0 Å². The van der Waals surface area contributed by atoms with Crippen LogP contribution in [-0.4, -0.2) is 26.1 Å². The first-order chi connectivity index (χ1) is 7.33. The molecule has 7 heteroatoms. The van der Waals surface area contributed by atoms with E-state index in [4.69, 9.17) is 0 Å². The summed E-state index contributed by atoms with van der Waals surface area (Å²) in [5.74, 6) is 0. The maximum atomic E-state index is 12.1. The molecule has 0 spiro atoms. The van der Waals surface area contributed by atoms with E-state index in [1.165, 1.54) is 24.3 Å². The molecule has 88 valence electrons. The Bertz CT molecular complexity index is 480. The fourth-order valence-electron chi connectivity index (χ4n) is 1.31. The van der Waals surface area contributed by atoms with Gasteiger partial charge in [-0.3, -0.25) is 0 Å². The van der Waals surface area contributed by atoms with E-state index < -0.39 is 27.6 Å². The molecule has 0 bridgehead atoms. The first-order valence-corrected chi connectivity index (χ1v) is 5.89. The lowest BCUT2D eigenvalue weighted by molar-refractivity contribution is -0.146. The summed E-state index contributed by atoms with van der Waals surface area (Å²) in [7, 11) is -4.04. The molecule has 16 heavy (non-hydrogen) atoms. The molecular weight excluding hydrogens is 245 g/mol. The molecule has 2 rings (SSSR count). The number of halogens is 3. The fourth-order valence-corrected chi connectivity index (χ4v) is 2.86. The van der Waals surface area contributed by atoms with E-state index in [9.17, 15) is 21.6 Å². The predicted octanol–water partition coefficient (Wildman–Crippen LogP) is 1.75. The maximum Gasteiger partial charge on any atom is 0.418 e. The first-order valence-electron chi connectivity index (χ1n) is 4.34. The summed E-state index contributed by atoms with van der Waals surface area (Å²) in [5.41, 5.74) is -1.80. The Morgan fingerprint density at radius 1 is 1.12 bits per heavy atom. The van der Waals surface area contributed by atoms with Crippen molar-refractivity contribution in [2.75, 3.05) is 0 Å². The van der Waals surface area contributed by atoms with Gasteiger partial charge in [0.1, 0.15) is 0 Å². The van der Waals surface area contributed by atoms with E-state index in [0.29, 0.717) is 0 Å². The average Bonchev–Trinajstić information content (AvgIpc) is 2.98. The molecule has 0 aliphatic carbocycles. The number of hydrogen-bond donors (Lipinski definition) is 0. The second kappa shape index (κ2) is 3.46. The molecule has 1 aromatic carbocycles. The van der Waals surface area contributed by atoms with Crippen molar-refractivity contribution in [1.82, 2.24) is 0 Å². The summed E-state index contributed by atoms with van der Waals surface area (Å²) in [5, 5.41) is 0. The minimum Gasteiger partial charge on any atom is -0.342 e. The van der Waals surface area contributed by atoms with Gasteiger partial charge in [0.25, 0.3) is 0 Å². The largest absolute Gasteiger partial charge is 0.418 e. The van der Waals surface area contributed by atoms with Gasteiger partial charge in [0, 0.05) is 0 Å². The van der Waals surface area contributed by atoms with Gasteiger partial charge in [-0.2, -0.15) is 13.2 Å². The van der Waals surface area contributed by atoms with Crippen LogP contribution >= 0.6 is 0 Å². The van der Waals surface area contributed by atoms with Crippen LogP contribution in [0.5, 0.6) is 0 Å². The zero-order valence-electron chi connectivity index (χ0n) is 7.81. The van der Waals surface area contributed by atoms with Crippen molar-refractivity contribution in [2.24, 2.45) is 0 Å². The Balaban J connectivity index is 2.25. The second-order valence-electron chi connectivity index (χ2n) is 3.32. The van der Waals surface area contributed by atoms with Gasteiger partial charge in [-0.05, 0) is 12.1 Å². The summed E-state index contributed by atoms with van der Waals surface area (Å²) < 4.78 is 63.9. The van der Waals surface area contributed by atoms with Gasteiger partial charge in [0.15, 0.2) is 11.5 Å². The number of hydrogen-bond acceptors (Lipinski definition) is 3. The quantitative estimate of drug-likeness (QED) is 0.753. The van der Waals surface area contributed by atoms with Crippen LogP contribution in [0.25, 0.3) is 0 Å². The molecule has 3 nitrogen and oxygen atoms in total. The molecule has 2 atom stereocenters. The highest BCUT2D eigenvalue weighted by atomic mass is 32.2. The van der Waals surface area contributed by atoms with E-state index >= 15 is 0 Å². The summed E-state index contributed by atoms with van der Waals surface area (Å²) in [6.45, 7) is 0. The van der Waals surface area contributed by atoms with Crippen LogP contribution in [0, 0.1) is 0 Å². The second-order valence-corrected chi connectivity index (χ2v) is 5.35. The van der Waals surface area contributed by atoms with Gasteiger partial charge in [0.2, 0.25) is 9.84 Å². The zero-order valence-corrected chi connectivity index (χ0v) is 8.62. The molecule has 1 aliphatic rings. The van der Waals surface area contributed by atoms with E-state index in [1.54, 1.807) is 6.07 Å². The summed E-state index contributed by atoms with van der Waals surface area (Å²) in [4.78, 5) is -0.160. The zero-order chi connectivity index (χ0) is 12.0. The Kier molecular flexibility index (Phi) is 2.47. The normalized spacial score (nSPS) is 25.4. The molecule has 0 radical (unpaired) electrons. The lowest BCUT2D eigenvalue weighted by atomic mass is 10.4. The van der Waals surface area contributed by atoms with Crippen molar-refractivity contribution in [3.8, 4) is 0 Å². The van der Waals surface area contributed by atoms with E-state index in [0.717, 1.165) is 0 Å². The lowest BCUT2D eigenvalue weighted by Gasteiger charge is -2.02. The fraction of sp³-hybridized carbons (Fsp3) is 0.333. The predicted molar refractivity (Wildman–Crippen MR) is 48.3 cm³/mol. The third-order valence-electron chi connectivity index (χ3n) is 2.15. The number of rotatable bonds is 2. The summed E-state index contributed by atoms with van der Waals surface area (Å²) in [6.07, 6.45) is -6.83. The van der Waals surface area contributed by atoms with Crippen molar-refractivity contribution in [2.45, 2.75) is 22.6 Å². The summed E-state index contributed by atoms with van der Waals surface area (Å²) >= 11 is 0. The molecule has 1 aliphatic heterocycles. The molecule has 1 fully saturated rings. The minimum atomic E-state index is -4.63. The smallest absolute Gasteiger partial charge is 0.342 e. The number of alkyl halides is 3. The number of epoxide rings is 1. The summed E-state index contributed by atoms with van der Waals surface area (Å²) in [6, 6.07) is 6.94. The van der Waals surface area contributed by atoms with Crippen molar-refractivity contribution in [1.29, 1.82) is 0 Å². The molecule has 0 N–H and O–H groups in total. The van der Waals surface area contributed by atoms with Crippen molar-refractivity contribution in [3.05, 3.63) is 30.3 Å². The molecular formula is C9H7F3O3S. The van der Waals surface area contributed by atoms with Gasteiger partial charge in [0.05, 0.1) is 4.90 Å². The Labute approximate surface area is 89.8 Å². The van der Waals surface area contributed by atoms with Crippen LogP contribution in [-0.2, 0) is 14.6 Å². The molecule has 1 aromatic rings. The first kappa shape index (κ1) is 11.4. The highest BCUT2D eigenvalue weighted by Gasteiger charge is 2.64. The van der Waals surface area contributed by atoms with E-state index in [2.05, 4.69) is 4.74 Å². The molecule has 0 saturated carbocycles. The van der Waals surface area contributed by atoms with Crippen LogP contribution in [0.15, 0.2) is 35.2 Å². The molecule has 1 unspecified atom stereocenters. The number of ether oxygens (including phenoxy) is 1. The number of sulfone groups is 1. The highest BCUT2D eigenvalue weighted by Crippen LogP contribution is 2.42. The molecule has 0 amide bonds. The third-order valence-corrected chi connectivity index (χ3v) is 4.05. The van der Waals surface area contributed by atoms with Crippen LogP contribution in [0.4, 0.5) is 13.2 Å². The van der Waals surface area contributed by atoms with Crippen LogP contribution in [0.3, 0.4) is 0 Å².